The van der Waals surface area contributed by atoms with Crippen molar-refractivity contribution in [2.75, 3.05) is 13.6 Å². The SMILES string of the molecule is CNCC=CCl. The van der Waals surface area contributed by atoms with E-state index < -0.39 is 0 Å². The van der Waals surface area contributed by atoms with Crippen molar-refractivity contribution in [3.63, 3.8) is 0 Å². The van der Waals surface area contributed by atoms with Crippen LogP contribution < -0.4 is 5.32 Å². The molecular weight excluding hydrogens is 97.5 g/mol. The van der Waals surface area contributed by atoms with Crippen molar-refractivity contribution in [2.45, 2.75) is 0 Å². The molecule has 0 atom stereocenters. The first-order valence-corrected chi connectivity index (χ1v) is 2.25. The van der Waals surface area contributed by atoms with E-state index in [1.807, 2.05) is 13.1 Å². The van der Waals surface area contributed by atoms with E-state index in [0.29, 0.717) is 0 Å². The Morgan fingerprint density at radius 2 is 2.50 bits per heavy atom. The molecule has 0 radical (unpaired) electrons. The number of likely N-dealkylation sites (N-methyl/N-ethyl adjacent to an activating group) is 1. The van der Waals surface area contributed by atoms with E-state index >= 15 is 0 Å². The van der Waals surface area contributed by atoms with Crippen LogP contribution in [0.1, 0.15) is 0 Å². The van der Waals surface area contributed by atoms with Gasteiger partial charge in [-0.15, -0.1) is 0 Å². The van der Waals surface area contributed by atoms with Crippen molar-refractivity contribution in [1.29, 1.82) is 0 Å². The van der Waals surface area contributed by atoms with E-state index in [0.717, 1.165) is 6.54 Å². The maximum Gasteiger partial charge on any atom is 0.0143 e. The molecular formula is C4H8ClN. The highest BCUT2D eigenvalue weighted by Gasteiger charge is 1.62. The first-order valence-electron chi connectivity index (χ1n) is 1.81. The predicted octanol–water partition coefficient (Wildman–Crippen LogP) is 0.958. The number of rotatable bonds is 2. The summed E-state index contributed by atoms with van der Waals surface area (Å²) >= 11 is 5.16. The van der Waals surface area contributed by atoms with Crippen molar-refractivity contribution in [3.05, 3.63) is 11.6 Å². The van der Waals surface area contributed by atoms with E-state index in [2.05, 4.69) is 5.32 Å². The predicted molar refractivity (Wildman–Crippen MR) is 28.9 cm³/mol. The maximum atomic E-state index is 5.16. The molecule has 0 amide bonds. The van der Waals surface area contributed by atoms with Crippen LogP contribution in [0.5, 0.6) is 0 Å². The normalized spacial score (nSPS) is 10.3. The molecule has 0 unspecified atom stereocenters. The highest BCUT2D eigenvalue weighted by Crippen LogP contribution is 1.72. The lowest BCUT2D eigenvalue weighted by Gasteiger charge is -1.81. The Kier molecular flexibility index (Phi) is 4.98. The van der Waals surface area contributed by atoms with E-state index in [-0.39, 0.29) is 0 Å². The fourth-order valence-corrected chi connectivity index (χ4v) is 0.251. The van der Waals surface area contributed by atoms with Crippen molar-refractivity contribution >= 4 is 11.6 Å². The van der Waals surface area contributed by atoms with Crippen LogP contribution in [-0.4, -0.2) is 13.6 Å². The molecule has 0 spiro atoms. The Morgan fingerprint density at radius 3 is 2.67 bits per heavy atom. The standard InChI is InChI=1S/C4H8ClN/c1-6-4-2-3-5/h2-3,6H,4H2,1H3. The Morgan fingerprint density at radius 1 is 1.83 bits per heavy atom. The zero-order chi connectivity index (χ0) is 4.83. The third-order valence-corrected chi connectivity index (χ3v) is 0.589. The van der Waals surface area contributed by atoms with Crippen LogP contribution in [0.2, 0.25) is 0 Å². The van der Waals surface area contributed by atoms with Gasteiger partial charge in [0.15, 0.2) is 0 Å². The minimum absolute atomic E-state index is 0.851. The lowest BCUT2D eigenvalue weighted by Crippen LogP contribution is -2.03. The summed E-state index contributed by atoms with van der Waals surface area (Å²) in [6, 6.07) is 0. The molecule has 0 heterocycles. The molecule has 0 saturated carbocycles. The molecule has 0 aliphatic carbocycles. The molecule has 0 aromatic rings. The van der Waals surface area contributed by atoms with Crippen molar-refractivity contribution < 1.29 is 0 Å². The van der Waals surface area contributed by atoms with Crippen LogP contribution >= 0.6 is 11.6 Å². The summed E-state index contributed by atoms with van der Waals surface area (Å²) < 4.78 is 0. The molecule has 0 aromatic heterocycles. The third kappa shape index (κ3) is 3.99. The van der Waals surface area contributed by atoms with E-state index in [4.69, 9.17) is 11.6 Å². The molecule has 1 N–H and O–H groups in total. The highest BCUT2D eigenvalue weighted by molar-refractivity contribution is 6.25. The van der Waals surface area contributed by atoms with Crippen LogP contribution in [0, 0.1) is 0 Å². The number of halogens is 1. The summed E-state index contributed by atoms with van der Waals surface area (Å²) in [5.41, 5.74) is 1.50. The lowest BCUT2D eigenvalue weighted by molar-refractivity contribution is 0.921. The van der Waals surface area contributed by atoms with E-state index in [1.165, 1.54) is 5.54 Å². The van der Waals surface area contributed by atoms with Crippen LogP contribution in [0.3, 0.4) is 0 Å². The Labute approximate surface area is 43.0 Å². The summed E-state index contributed by atoms with van der Waals surface area (Å²) in [4.78, 5) is 0. The molecule has 0 aromatic carbocycles. The molecule has 0 bridgehead atoms. The molecule has 0 aliphatic rings. The van der Waals surface area contributed by atoms with Gasteiger partial charge < -0.3 is 5.32 Å². The van der Waals surface area contributed by atoms with Gasteiger partial charge in [-0.2, -0.15) is 0 Å². The molecule has 0 fully saturated rings. The fourth-order valence-electron chi connectivity index (χ4n) is 0.162. The fraction of sp³-hybridized carbons (Fsp3) is 0.500. The molecule has 0 saturated heterocycles. The second-order valence-electron chi connectivity index (χ2n) is 0.919. The Bertz CT molecular complexity index is 42.8. The number of hydrogen-bond acceptors (Lipinski definition) is 1. The van der Waals surface area contributed by atoms with Gasteiger partial charge in [0.25, 0.3) is 0 Å². The van der Waals surface area contributed by atoms with Gasteiger partial charge in [0.1, 0.15) is 0 Å². The molecule has 0 rings (SSSR count). The average Bonchev–Trinajstić information content (AvgIpc) is 1.61. The van der Waals surface area contributed by atoms with E-state index in [1.54, 1.807) is 0 Å². The van der Waals surface area contributed by atoms with Gasteiger partial charge in [0.2, 0.25) is 0 Å². The lowest BCUT2D eigenvalue weighted by atomic mass is 10.6. The smallest absolute Gasteiger partial charge is 0.0143 e. The van der Waals surface area contributed by atoms with Crippen LogP contribution in [-0.2, 0) is 0 Å². The molecule has 36 valence electrons. The number of nitrogens with one attached hydrogen (secondary N) is 1. The van der Waals surface area contributed by atoms with Gasteiger partial charge in [-0.3, -0.25) is 0 Å². The van der Waals surface area contributed by atoms with Gasteiger partial charge in [0.05, 0.1) is 0 Å². The van der Waals surface area contributed by atoms with Crippen molar-refractivity contribution in [3.8, 4) is 0 Å². The highest BCUT2D eigenvalue weighted by atomic mass is 35.5. The van der Waals surface area contributed by atoms with Gasteiger partial charge in [0, 0.05) is 12.1 Å². The first kappa shape index (κ1) is 5.99. The summed E-state index contributed by atoms with van der Waals surface area (Å²) in [5.74, 6) is 0. The van der Waals surface area contributed by atoms with Crippen LogP contribution in [0.4, 0.5) is 0 Å². The molecule has 2 heteroatoms. The molecule has 0 aliphatic heterocycles. The third-order valence-electron chi connectivity index (χ3n) is 0.411. The second kappa shape index (κ2) is 4.99. The monoisotopic (exact) mass is 105 g/mol. The minimum Gasteiger partial charge on any atom is -0.316 e. The summed E-state index contributed by atoms with van der Waals surface area (Å²) in [6.45, 7) is 0.851. The van der Waals surface area contributed by atoms with Gasteiger partial charge in [-0.1, -0.05) is 17.7 Å². The van der Waals surface area contributed by atoms with Crippen molar-refractivity contribution in [1.82, 2.24) is 5.32 Å². The quantitative estimate of drug-likeness (QED) is 0.552. The van der Waals surface area contributed by atoms with Gasteiger partial charge >= 0.3 is 0 Å². The second-order valence-corrected chi connectivity index (χ2v) is 1.17. The van der Waals surface area contributed by atoms with Crippen LogP contribution in [0.25, 0.3) is 0 Å². The Hall–Kier alpha value is -0.0100. The Balaban J connectivity index is 2.66. The van der Waals surface area contributed by atoms with Crippen molar-refractivity contribution in [2.24, 2.45) is 0 Å². The first-order chi connectivity index (χ1) is 2.91. The van der Waals surface area contributed by atoms with Gasteiger partial charge in [-0.25, -0.2) is 0 Å². The zero-order valence-corrected chi connectivity index (χ0v) is 4.50. The summed E-state index contributed by atoms with van der Waals surface area (Å²) in [5, 5.41) is 2.90. The largest absolute Gasteiger partial charge is 0.316 e. The van der Waals surface area contributed by atoms with Gasteiger partial charge in [-0.05, 0) is 7.05 Å². The maximum absolute atomic E-state index is 5.16. The number of hydrogen-bond donors (Lipinski definition) is 1. The minimum atomic E-state index is 0.851. The average molecular weight is 106 g/mol. The summed E-state index contributed by atoms with van der Waals surface area (Å²) in [6.07, 6.45) is 1.83. The molecule has 1 nitrogen and oxygen atoms in total. The summed E-state index contributed by atoms with van der Waals surface area (Å²) in [7, 11) is 1.87. The van der Waals surface area contributed by atoms with E-state index in [9.17, 15) is 0 Å². The zero-order valence-electron chi connectivity index (χ0n) is 3.74. The van der Waals surface area contributed by atoms with Crippen LogP contribution in [0.15, 0.2) is 11.6 Å². The topological polar surface area (TPSA) is 12.0 Å². The molecule has 6 heavy (non-hydrogen) atoms.